The summed E-state index contributed by atoms with van der Waals surface area (Å²) in [6, 6.07) is 16.8. The Kier molecular flexibility index (Phi) is 15.8. The molecule has 3 aromatic carbocycles. The van der Waals surface area contributed by atoms with Crippen molar-refractivity contribution < 1.29 is 47.5 Å². The number of likely N-dealkylation sites (tertiary alicyclic amines) is 1. The van der Waals surface area contributed by atoms with Crippen LogP contribution in [0.3, 0.4) is 0 Å². The van der Waals surface area contributed by atoms with Gasteiger partial charge in [-0.3, -0.25) is 9.69 Å². The van der Waals surface area contributed by atoms with Crippen LogP contribution in [-0.2, 0) is 25.5 Å². The molecule has 1 aliphatic carbocycles. The van der Waals surface area contributed by atoms with Gasteiger partial charge in [-0.15, -0.1) is 0 Å². The van der Waals surface area contributed by atoms with Gasteiger partial charge in [0.1, 0.15) is 24.5 Å². The van der Waals surface area contributed by atoms with Crippen LogP contribution in [0.4, 0.5) is 0 Å². The van der Waals surface area contributed by atoms with Crippen LogP contribution in [0.5, 0.6) is 34.5 Å². The van der Waals surface area contributed by atoms with Crippen molar-refractivity contribution in [2.75, 3.05) is 81.5 Å². The fourth-order valence-electron chi connectivity index (χ4n) is 8.75. The summed E-state index contributed by atoms with van der Waals surface area (Å²) in [5, 5.41) is 0. The van der Waals surface area contributed by atoms with Gasteiger partial charge in [-0.2, -0.15) is 0 Å². The quantitative estimate of drug-likeness (QED) is 0.120. The average molecular weight is 803 g/mol. The number of morpholine rings is 1. The lowest BCUT2D eigenvalue weighted by Gasteiger charge is -2.40. The molecule has 2 heterocycles. The Morgan fingerprint density at radius 3 is 2.12 bits per heavy atom. The van der Waals surface area contributed by atoms with Crippen molar-refractivity contribution in [1.82, 2.24) is 9.80 Å². The van der Waals surface area contributed by atoms with Crippen molar-refractivity contribution in [1.29, 1.82) is 0 Å². The molecular formula is C46H62N2O10. The minimum Gasteiger partial charge on any atom is -0.493 e. The topological polar surface area (TPSA) is 114 Å². The van der Waals surface area contributed by atoms with Gasteiger partial charge < -0.3 is 42.8 Å². The molecule has 58 heavy (non-hydrogen) atoms. The Morgan fingerprint density at radius 2 is 1.43 bits per heavy atom. The smallest absolute Gasteiger partial charge is 0.329 e. The van der Waals surface area contributed by atoms with Crippen LogP contribution in [0.25, 0.3) is 0 Å². The van der Waals surface area contributed by atoms with Crippen LogP contribution < -0.4 is 28.4 Å². The van der Waals surface area contributed by atoms with E-state index < -0.39 is 24.0 Å². The fourth-order valence-corrected chi connectivity index (χ4v) is 8.75. The largest absolute Gasteiger partial charge is 0.493 e. The third kappa shape index (κ3) is 10.7. The molecule has 3 atom stereocenters. The van der Waals surface area contributed by atoms with Crippen molar-refractivity contribution in [2.24, 2.45) is 5.92 Å². The molecule has 316 valence electrons. The summed E-state index contributed by atoms with van der Waals surface area (Å²) in [4.78, 5) is 33.8. The highest BCUT2D eigenvalue weighted by Crippen LogP contribution is 2.45. The molecule has 0 N–H and O–H groups in total. The molecule has 2 saturated heterocycles. The Labute approximate surface area is 343 Å². The maximum absolute atomic E-state index is 15.1. The zero-order valence-corrected chi connectivity index (χ0v) is 35.0. The summed E-state index contributed by atoms with van der Waals surface area (Å²) in [6.07, 6.45) is 7.82. The van der Waals surface area contributed by atoms with E-state index in [-0.39, 0.29) is 11.8 Å². The molecule has 2 aliphatic heterocycles. The van der Waals surface area contributed by atoms with E-state index in [4.69, 9.17) is 37.9 Å². The molecule has 0 radical (unpaired) electrons. The zero-order valence-electron chi connectivity index (χ0n) is 35.0. The van der Waals surface area contributed by atoms with Gasteiger partial charge >= 0.3 is 5.97 Å². The summed E-state index contributed by atoms with van der Waals surface area (Å²) in [6.45, 7) is 5.07. The number of esters is 1. The minimum absolute atomic E-state index is 0.0552. The van der Waals surface area contributed by atoms with Crippen molar-refractivity contribution in [3.8, 4) is 34.5 Å². The van der Waals surface area contributed by atoms with Gasteiger partial charge in [0.05, 0.1) is 54.7 Å². The van der Waals surface area contributed by atoms with E-state index in [2.05, 4.69) is 4.90 Å². The monoisotopic (exact) mass is 802 g/mol. The second-order valence-corrected chi connectivity index (χ2v) is 15.4. The van der Waals surface area contributed by atoms with Gasteiger partial charge in [0, 0.05) is 26.2 Å². The highest BCUT2D eigenvalue weighted by atomic mass is 16.5. The lowest BCUT2D eigenvalue weighted by Crippen LogP contribution is -2.51. The zero-order chi connectivity index (χ0) is 40.9. The van der Waals surface area contributed by atoms with E-state index in [1.165, 1.54) is 0 Å². The van der Waals surface area contributed by atoms with Crippen molar-refractivity contribution >= 4 is 11.9 Å². The van der Waals surface area contributed by atoms with Gasteiger partial charge in [-0.1, -0.05) is 37.5 Å². The number of carbonyl (C=O) groups is 2. The number of aryl methyl sites for hydroxylation is 1. The normalized spacial score (nSPS) is 18.8. The molecule has 0 spiro atoms. The Balaban J connectivity index is 1.26. The second-order valence-electron chi connectivity index (χ2n) is 15.4. The number of hydrogen-bond acceptors (Lipinski definition) is 11. The third-order valence-corrected chi connectivity index (χ3v) is 11.9. The Bertz CT molecular complexity index is 1760. The highest BCUT2D eigenvalue weighted by Gasteiger charge is 2.41. The molecule has 3 fully saturated rings. The Hall–Kier alpha value is -4.68. The molecular weight excluding hydrogens is 741 g/mol. The first-order valence-electron chi connectivity index (χ1n) is 20.9. The van der Waals surface area contributed by atoms with Gasteiger partial charge in [0.15, 0.2) is 23.0 Å². The Morgan fingerprint density at radius 1 is 0.724 bits per heavy atom. The predicted octanol–water partition coefficient (Wildman–Crippen LogP) is 7.40. The van der Waals surface area contributed by atoms with E-state index in [0.717, 1.165) is 94.5 Å². The first-order chi connectivity index (χ1) is 28.4. The molecule has 6 rings (SSSR count). The number of nitrogens with zero attached hydrogens (tertiary/aromatic N) is 2. The summed E-state index contributed by atoms with van der Waals surface area (Å²) in [5.74, 6) is 2.68. The summed E-state index contributed by atoms with van der Waals surface area (Å²) < 4.78 is 46.4. The molecule has 1 amide bonds. The van der Waals surface area contributed by atoms with Crippen molar-refractivity contribution in [2.45, 2.75) is 82.3 Å². The minimum atomic E-state index is -0.717. The number of rotatable bonds is 18. The van der Waals surface area contributed by atoms with Crippen LogP contribution in [0.1, 0.15) is 86.5 Å². The second kappa shape index (κ2) is 21.4. The number of ether oxygens (including phenoxy) is 8. The lowest BCUT2D eigenvalue weighted by atomic mass is 9.75. The lowest BCUT2D eigenvalue weighted by molar-refractivity contribution is -0.163. The van der Waals surface area contributed by atoms with E-state index >= 15 is 4.79 Å². The number of methoxy groups -OCH3 is 5. The van der Waals surface area contributed by atoms with Crippen LogP contribution in [0.15, 0.2) is 54.6 Å². The first kappa shape index (κ1) is 42.9. The third-order valence-electron chi connectivity index (χ3n) is 11.9. The maximum atomic E-state index is 15.1. The first-order valence-corrected chi connectivity index (χ1v) is 20.9. The van der Waals surface area contributed by atoms with E-state index in [9.17, 15) is 4.79 Å². The summed E-state index contributed by atoms with van der Waals surface area (Å²) in [7, 11) is 7.98. The standard InChI is InChI=1S/C46H62N2O10/c1-51-39-20-18-32(28-40(39)52-2)17-19-38(34-14-11-15-36(29-34)57-27-24-47-22-25-56-26-23-47)58-46(50)37-16-9-10-21-48(37)45(49)43(33-12-7-6-8-13-33)35-30-41(53-3)44(55-5)42(31-35)54-4/h11,14-15,18,20,28-31,33,37-38,43H,6-10,12-13,16-17,19,21-27H2,1-5H3/t37-,38-,43-/m1/s1. The van der Waals surface area contributed by atoms with Crippen molar-refractivity contribution in [3.05, 3.63) is 71.3 Å². The predicted molar refractivity (Wildman–Crippen MR) is 221 cm³/mol. The number of piperidine rings is 1. The molecule has 3 aromatic rings. The van der Waals surface area contributed by atoms with Gasteiger partial charge in [-0.05, 0) is 104 Å². The number of amides is 1. The summed E-state index contributed by atoms with van der Waals surface area (Å²) >= 11 is 0. The molecule has 12 heteroatoms. The van der Waals surface area contributed by atoms with Crippen LogP contribution in [0, 0.1) is 5.92 Å². The average Bonchev–Trinajstić information content (AvgIpc) is 3.28. The van der Waals surface area contributed by atoms with Gasteiger partial charge in [-0.25, -0.2) is 4.79 Å². The van der Waals surface area contributed by atoms with Gasteiger partial charge in [0.2, 0.25) is 11.7 Å². The highest BCUT2D eigenvalue weighted by molar-refractivity contribution is 5.89. The van der Waals surface area contributed by atoms with Gasteiger partial charge in [0.25, 0.3) is 0 Å². The fraction of sp³-hybridized carbons (Fsp3) is 0.565. The van der Waals surface area contributed by atoms with E-state index in [1.807, 2.05) is 54.6 Å². The van der Waals surface area contributed by atoms with Crippen molar-refractivity contribution in [3.63, 3.8) is 0 Å². The molecule has 1 saturated carbocycles. The van der Waals surface area contributed by atoms with Crippen LogP contribution in [0.2, 0.25) is 0 Å². The number of benzene rings is 3. The number of carbonyl (C=O) groups excluding carboxylic acids is 2. The SMILES string of the molecule is COc1ccc(CC[C@@H](OC(=O)[C@H]2CCCCN2C(=O)[C@@H](c2cc(OC)c(OC)c(OC)c2)C2CCCCC2)c2cccc(OCCN3CCOCC3)c2)cc1OC. The molecule has 3 aliphatic rings. The summed E-state index contributed by atoms with van der Waals surface area (Å²) in [5.41, 5.74) is 2.66. The molecule has 0 aromatic heterocycles. The molecule has 12 nitrogen and oxygen atoms in total. The maximum Gasteiger partial charge on any atom is 0.329 e. The number of hydrogen-bond donors (Lipinski definition) is 0. The van der Waals surface area contributed by atoms with E-state index in [0.29, 0.717) is 66.9 Å². The molecule has 0 unspecified atom stereocenters. The van der Waals surface area contributed by atoms with E-state index in [1.54, 1.807) is 40.4 Å². The van der Waals surface area contributed by atoms with Crippen LogP contribution in [-0.4, -0.2) is 109 Å². The van der Waals surface area contributed by atoms with Crippen LogP contribution >= 0.6 is 0 Å². The molecule has 0 bridgehead atoms.